The summed E-state index contributed by atoms with van der Waals surface area (Å²) in [7, 11) is 0. The van der Waals surface area contributed by atoms with Crippen LogP contribution in [0, 0.1) is 10.6 Å². The SMILES string of the molecule is O=C(Cc1cc(=O)[nH]c(=S)[nH]1)NNC(=S)Nc1ccccc1F. The topological polar surface area (TPSA) is 102 Å². The third kappa shape index (κ3) is 5.27. The van der Waals surface area contributed by atoms with Crippen LogP contribution in [0.1, 0.15) is 5.69 Å². The van der Waals surface area contributed by atoms with Crippen LogP contribution in [0.15, 0.2) is 35.1 Å². The van der Waals surface area contributed by atoms with Crippen LogP contribution in [0.2, 0.25) is 0 Å². The van der Waals surface area contributed by atoms with Gasteiger partial charge in [-0.3, -0.25) is 25.4 Å². The highest BCUT2D eigenvalue weighted by molar-refractivity contribution is 7.80. The van der Waals surface area contributed by atoms with Crippen LogP contribution in [0.5, 0.6) is 0 Å². The summed E-state index contributed by atoms with van der Waals surface area (Å²) in [6, 6.07) is 7.19. The van der Waals surface area contributed by atoms with E-state index in [1.807, 2.05) is 0 Å². The summed E-state index contributed by atoms with van der Waals surface area (Å²) >= 11 is 9.74. The molecule has 2 aromatic rings. The number of amides is 1. The summed E-state index contributed by atoms with van der Waals surface area (Å²) in [4.78, 5) is 28.0. The lowest BCUT2D eigenvalue weighted by molar-refractivity contribution is -0.121. The van der Waals surface area contributed by atoms with Crippen molar-refractivity contribution in [3.05, 3.63) is 57.0 Å². The van der Waals surface area contributed by atoms with Gasteiger partial charge < -0.3 is 10.3 Å². The quantitative estimate of drug-likeness (QED) is 0.419. The van der Waals surface area contributed by atoms with Crippen LogP contribution in [-0.2, 0) is 11.2 Å². The molecule has 0 aliphatic heterocycles. The van der Waals surface area contributed by atoms with Gasteiger partial charge >= 0.3 is 0 Å². The standard InChI is InChI=1S/C13H12FN5O2S2/c14-8-3-1-2-4-9(8)16-13(23)19-18-11(21)6-7-5-10(20)17-12(22)15-7/h1-5H,6H2,(H,18,21)(H2,16,19,23)(H2,15,17,20,22). The molecule has 7 nitrogen and oxygen atoms in total. The van der Waals surface area contributed by atoms with Gasteiger partial charge in [0.15, 0.2) is 9.88 Å². The molecule has 5 N–H and O–H groups in total. The van der Waals surface area contributed by atoms with E-state index in [1.165, 1.54) is 18.2 Å². The third-order valence-electron chi connectivity index (χ3n) is 2.60. The molecule has 0 bridgehead atoms. The summed E-state index contributed by atoms with van der Waals surface area (Å²) in [5.41, 5.74) is 4.89. The van der Waals surface area contributed by atoms with E-state index in [0.29, 0.717) is 5.69 Å². The Morgan fingerprint density at radius 1 is 1.22 bits per heavy atom. The number of carbonyl (C=O) groups is 1. The molecule has 0 aliphatic rings. The number of hydrogen-bond acceptors (Lipinski definition) is 4. The molecule has 1 heterocycles. The molecule has 0 spiro atoms. The lowest BCUT2D eigenvalue weighted by Crippen LogP contribution is -2.44. The largest absolute Gasteiger partial charge is 0.335 e. The minimum Gasteiger partial charge on any atom is -0.335 e. The predicted octanol–water partition coefficient (Wildman–Crippen LogP) is 1.13. The van der Waals surface area contributed by atoms with Gasteiger partial charge in [0.2, 0.25) is 5.91 Å². The number of halogens is 1. The predicted molar refractivity (Wildman–Crippen MR) is 89.9 cm³/mol. The van der Waals surface area contributed by atoms with Crippen molar-refractivity contribution in [2.75, 3.05) is 5.32 Å². The normalized spacial score (nSPS) is 9.96. The van der Waals surface area contributed by atoms with Gasteiger partial charge in [0.1, 0.15) is 5.82 Å². The van der Waals surface area contributed by atoms with Crippen molar-refractivity contribution in [3.63, 3.8) is 0 Å². The van der Waals surface area contributed by atoms with Crippen molar-refractivity contribution in [2.24, 2.45) is 0 Å². The van der Waals surface area contributed by atoms with E-state index in [2.05, 4.69) is 26.1 Å². The number of carbonyl (C=O) groups excluding carboxylic acids is 1. The lowest BCUT2D eigenvalue weighted by atomic mass is 10.3. The number of hydrogen-bond donors (Lipinski definition) is 5. The zero-order valence-electron chi connectivity index (χ0n) is 11.6. The summed E-state index contributed by atoms with van der Waals surface area (Å²) in [5, 5.41) is 2.61. The smallest absolute Gasteiger partial charge is 0.251 e. The van der Waals surface area contributed by atoms with Crippen molar-refractivity contribution in [2.45, 2.75) is 6.42 Å². The molecule has 0 unspecified atom stereocenters. The van der Waals surface area contributed by atoms with Gasteiger partial charge in [0.25, 0.3) is 5.56 Å². The monoisotopic (exact) mass is 353 g/mol. The molecule has 1 amide bonds. The van der Waals surface area contributed by atoms with E-state index >= 15 is 0 Å². The fourth-order valence-electron chi connectivity index (χ4n) is 1.67. The van der Waals surface area contributed by atoms with Crippen molar-refractivity contribution in [1.29, 1.82) is 0 Å². The van der Waals surface area contributed by atoms with Crippen molar-refractivity contribution in [3.8, 4) is 0 Å². The Bertz CT molecular complexity index is 820. The van der Waals surface area contributed by atoms with E-state index in [9.17, 15) is 14.0 Å². The number of anilines is 1. The number of thiocarbonyl (C=S) groups is 1. The summed E-state index contributed by atoms with van der Waals surface area (Å²) < 4.78 is 13.6. The molecule has 10 heteroatoms. The van der Waals surface area contributed by atoms with E-state index < -0.39 is 17.3 Å². The number of H-pyrrole nitrogens is 2. The van der Waals surface area contributed by atoms with Gasteiger partial charge in [0, 0.05) is 11.8 Å². The van der Waals surface area contributed by atoms with Gasteiger partial charge in [-0.05, 0) is 36.6 Å². The van der Waals surface area contributed by atoms with Crippen LogP contribution in [-0.4, -0.2) is 21.0 Å². The number of aromatic amines is 2. The van der Waals surface area contributed by atoms with Crippen molar-refractivity contribution >= 4 is 41.1 Å². The van der Waals surface area contributed by atoms with E-state index in [-0.39, 0.29) is 22.0 Å². The second-order valence-electron chi connectivity index (χ2n) is 4.40. The van der Waals surface area contributed by atoms with Crippen molar-refractivity contribution < 1.29 is 9.18 Å². The molecule has 0 radical (unpaired) electrons. The number of para-hydroxylation sites is 1. The van der Waals surface area contributed by atoms with Crippen molar-refractivity contribution in [1.82, 2.24) is 20.8 Å². The van der Waals surface area contributed by atoms with Gasteiger partial charge in [-0.1, -0.05) is 12.1 Å². The summed E-state index contributed by atoms with van der Waals surface area (Å²) in [5.74, 6) is -0.932. The number of rotatable bonds is 3. The van der Waals surface area contributed by atoms with Crippen LogP contribution >= 0.6 is 24.4 Å². The summed E-state index contributed by atoms with van der Waals surface area (Å²) in [6.07, 6.45) is -0.108. The zero-order chi connectivity index (χ0) is 16.8. The van der Waals surface area contributed by atoms with E-state index in [1.54, 1.807) is 12.1 Å². The highest BCUT2D eigenvalue weighted by Crippen LogP contribution is 2.11. The molecule has 0 aliphatic carbocycles. The molecule has 2 rings (SSSR count). The van der Waals surface area contributed by atoms with Crippen LogP contribution in [0.3, 0.4) is 0 Å². The number of aromatic nitrogens is 2. The number of nitrogens with one attached hydrogen (secondary N) is 5. The Hall–Kier alpha value is -2.59. The van der Waals surface area contributed by atoms with Gasteiger partial charge in [-0.25, -0.2) is 4.39 Å². The Balaban J connectivity index is 1.86. The maximum absolute atomic E-state index is 13.4. The minimum absolute atomic E-state index is 0.0160. The summed E-state index contributed by atoms with van der Waals surface area (Å²) in [6.45, 7) is 0. The molecule has 120 valence electrons. The fraction of sp³-hybridized carbons (Fsp3) is 0.0769. The Morgan fingerprint density at radius 3 is 2.65 bits per heavy atom. The molecule has 23 heavy (non-hydrogen) atoms. The van der Waals surface area contributed by atoms with Crippen LogP contribution < -0.4 is 21.7 Å². The Morgan fingerprint density at radius 2 is 1.96 bits per heavy atom. The molecule has 0 atom stereocenters. The van der Waals surface area contributed by atoms with Crippen LogP contribution in [0.4, 0.5) is 10.1 Å². The van der Waals surface area contributed by atoms with E-state index in [0.717, 1.165) is 0 Å². The molecular weight excluding hydrogens is 341 g/mol. The first kappa shape index (κ1) is 16.8. The maximum atomic E-state index is 13.4. The molecule has 1 aromatic heterocycles. The highest BCUT2D eigenvalue weighted by atomic mass is 32.1. The molecule has 1 aromatic carbocycles. The first-order chi connectivity index (χ1) is 10.9. The fourth-order valence-corrected chi connectivity index (χ4v) is 2.07. The second-order valence-corrected chi connectivity index (χ2v) is 5.21. The molecule has 0 saturated carbocycles. The molecule has 0 saturated heterocycles. The van der Waals surface area contributed by atoms with Crippen LogP contribution in [0.25, 0.3) is 0 Å². The average molecular weight is 353 g/mol. The number of hydrazine groups is 1. The minimum atomic E-state index is -0.473. The average Bonchev–Trinajstić information content (AvgIpc) is 2.46. The second kappa shape index (κ2) is 7.61. The Labute approximate surface area is 140 Å². The number of benzene rings is 1. The van der Waals surface area contributed by atoms with Gasteiger partial charge in [0.05, 0.1) is 12.1 Å². The highest BCUT2D eigenvalue weighted by Gasteiger charge is 2.06. The molecular formula is C13H12FN5O2S2. The Kier molecular flexibility index (Phi) is 5.55. The first-order valence-electron chi connectivity index (χ1n) is 6.37. The lowest BCUT2D eigenvalue weighted by Gasteiger charge is -2.12. The first-order valence-corrected chi connectivity index (χ1v) is 7.18. The molecule has 0 fully saturated rings. The third-order valence-corrected chi connectivity index (χ3v) is 3.01. The van der Waals surface area contributed by atoms with Gasteiger partial charge in [-0.15, -0.1) is 0 Å². The maximum Gasteiger partial charge on any atom is 0.251 e. The zero-order valence-corrected chi connectivity index (χ0v) is 13.2. The van der Waals surface area contributed by atoms with E-state index in [4.69, 9.17) is 24.4 Å². The van der Waals surface area contributed by atoms with Gasteiger partial charge in [-0.2, -0.15) is 0 Å².